The van der Waals surface area contributed by atoms with E-state index >= 15 is 0 Å². The summed E-state index contributed by atoms with van der Waals surface area (Å²) in [5, 5.41) is 7.52. The monoisotopic (exact) mass is 292 g/mol. The Kier molecular flexibility index (Phi) is 4.78. The van der Waals surface area contributed by atoms with Crippen LogP contribution in [0.5, 0.6) is 0 Å². The number of aromatic nitrogens is 2. The molecule has 0 spiro atoms. The summed E-state index contributed by atoms with van der Waals surface area (Å²) >= 11 is 0. The molecule has 1 heterocycles. The van der Waals surface area contributed by atoms with Crippen molar-refractivity contribution in [2.45, 2.75) is 18.8 Å². The van der Waals surface area contributed by atoms with Crippen molar-refractivity contribution >= 4 is 10.0 Å². The first-order chi connectivity index (χ1) is 9.61. The van der Waals surface area contributed by atoms with Crippen LogP contribution in [-0.2, 0) is 28.9 Å². The molecule has 0 aliphatic rings. The molecular formula is C13H16N4O2S. The van der Waals surface area contributed by atoms with Crippen molar-refractivity contribution < 1.29 is 8.42 Å². The number of hydrogen-bond acceptors (Lipinski definition) is 5. The van der Waals surface area contributed by atoms with Gasteiger partial charge in [-0.15, -0.1) is 0 Å². The maximum absolute atomic E-state index is 12.0. The average Bonchev–Trinajstić information content (AvgIpc) is 2.47. The number of nitrogens with zero attached hydrogens (tertiary/aromatic N) is 2. The first kappa shape index (κ1) is 14.6. The van der Waals surface area contributed by atoms with Crippen molar-refractivity contribution in [2.75, 3.05) is 0 Å². The second kappa shape index (κ2) is 6.56. The number of rotatable bonds is 6. The lowest BCUT2D eigenvalue weighted by Crippen LogP contribution is -2.25. The molecule has 0 aliphatic carbocycles. The Hall–Kier alpha value is -1.83. The lowest BCUT2D eigenvalue weighted by molar-refractivity contribution is 0.579. The van der Waals surface area contributed by atoms with E-state index in [0.717, 1.165) is 5.56 Å². The van der Waals surface area contributed by atoms with Gasteiger partial charge >= 0.3 is 0 Å². The van der Waals surface area contributed by atoms with Crippen LogP contribution in [0.3, 0.4) is 0 Å². The summed E-state index contributed by atoms with van der Waals surface area (Å²) in [4.78, 5) is 0. The third kappa shape index (κ3) is 4.09. The first-order valence-electron chi connectivity index (χ1n) is 6.11. The van der Waals surface area contributed by atoms with Gasteiger partial charge in [0.15, 0.2) is 0 Å². The van der Waals surface area contributed by atoms with Gasteiger partial charge in [0.2, 0.25) is 10.0 Å². The molecule has 0 saturated carbocycles. The second-order valence-electron chi connectivity index (χ2n) is 4.27. The normalized spacial score (nSPS) is 11.4. The van der Waals surface area contributed by atoms with Crippen LogP contribution in [0.15, 0.2) is 42.6 Å². The molecule has 2 aromatic rings. The lowest BCUT2D eigenvalue weighted by Gasteiger charge is -2.09. The van der Waals surface area contributed by atoms with Crippen LogP contribution in [0, 0.1) is 0 Å². The van der Waals surface area contributed by atoms with Crippen LogP contribution < -0.4 is 10.5 Å². The molecule has 2 rings (SSSR count). The summed E-state index contributed by atoms with van der Waals surface area (Å²) in [6.07, 6.45) is 1.54. The third-order valence-corrected chi connectivity index (χ3v) is 4.06. The van der Waals surface area contributed by atoms with Gasteiger partial charge in [-0.05, 0) is 23.3 Å². The number of nitrogens with two attached hydrogens (primary N) is 1. The van der Waals surface area contributed by atoms with E-state index < -0.39 is 10.0 Å². The molecule has 0 radical (unpaired) electrons. The van der Waals surface area contributed by atoms with Crippen molar-refractivity contribution in [1.82, 2.24) is 14.9 Å². The van der Waals surface area contributed by atoms with Gasteiger partial charge in [-0.3, -0.25) is 0 Å². The number of hydrogen-bond donors (Lipinski definition) is 2. The van der Waals surface area contributed by atoms with Crippen LogP contribution in [0.2, 0.25) is 0 Å². The number of sulfonamides is 1. The Balaban J connectivity index is 2.04. The molecule has 1 aromatic heterocycles. The highest BCUT2D eigenvalue weighted by molar-refractivity contribution is 7.88. The minimum absolute atomic E-state index is 0.0966. The van der Waals surface area contributed by atoms with Gasteiger partial charge < -0.3 is 5.73 Å². The van der Waals surface area contributed by atoms with Gasteiger partial charge in [0.05, 0.1) is 18.0 Å². The van der Waals surface area contributed by atoms with Crippen molar-refractivity contribution in [3.05, 3.63) is 59.4 Å². The topological polar surface area (TPSA) is 98.0 Å². The molecule has 0 amide bonds. The molecule has 106 valence electrons. The van der Waals surface area contributed by atoms with Crippen molar-refractivity contribution in [1.29, 1.82) is 0 Å². The largest absolute Gasteiger partial charge is 0.326 e. The van der Waals surface area contributed by atoms with Gasteiger partial charge in [-0.2, -0.15) is 10.2 Å². The summed E-state index contributed by atoms with van der Waals surface area (Å²) < 4.78 is 26.6. The number of nitrogens with one attached hydrogen (secondary N) is 1. The molecule has 20 heavy (non-hydrogen) atoms. The molecule has 0 unspecified atom stereocenters. The summed E-state index contributed by atoms with van der Waals surface area (Å²) in [5.41, 5.74) is 7.71. The zero-order chi connectivity index (χ0) is 14.4. The zero-order valence-electron chi connectivity index (χ0n) is 10.9. The lowest BCUT2D eigenvalue weighted by atomic mass is 10.1. The smallest absolute Gasteiger partial charge is 0.216 e. The predicted octanol–water partition coefficient (Wildman–Crippen LogP) is 0.555. The maximum Gasteiger partial charge on any atom is 0.216 e. The maximum atomic E-state index is 12.0. The highest BCUT2D eigenvalue weighted by Crippen LogP contribution is 2.11. The molecule has 6 nitrogen and oxygen atoms in total. The molecular weight excluding hydrogens is 276 g/mol. The van der Waals surface area contributed by atoms with E-state index in [1.807, 2.05) is 12.1 Å². The fraction of sp³-hybridized carbons (Fsp3) is 0.231. The van der Waals surface area contributed by atoms with E-state index in [-0.39, 0.29) is 12.3 Å². The molecule has 0 bridgehead atoms. The van der Waals surface area contributed by atoms with E-state index in [1.54, 1.807) is 24.3 Å². The van der Waals surface area contributed by atoms with E-state index in [0.29, 0.717) is 17.8 Å². The predicted molar refractivity (Wildman–Crippen MR) is 75.8 cm³/mol. The highest BCUT2D eigenvalue weighted by Gasteiger charge is 2.13. The van der Waals surface area contributed by atoms with E-state index in [1.165, 1.54) is 6.20 Å². The summed E-state index contributed by atoms with van der Waals surface area (Å²) in [7, 11) is -3.44. The van der Waals surface area contributed by atoms with Crippen LogP contribution in [0.4, 0.5) is 0 Å². The van der Waals surface area contributed by atoms with Crippen LogP contribution >= 0.6 is 0 Å². The Morgan fingerprint density at radius 1 is 1.10 bits per heavy atom. The number of benzene rings is 1. The van der Waals surface area contributed by atoms with Crippen molar-refractivity contribution in [2.24, 2.45) is 5.73 Å². The van der Waals surface area contributed by atoms with E-state index in [9.17, 15) is 8.42 Å². The van der Waals surface area contributed by atoms with E-state index in [4.69, 9.17) is 5.73 Å². The minimum Gasteiger partial charge on any atom is -0.326 e. The fourth-order valence-electron chi connectivity index (χ4n) is 1.76. The van der Waals surface area contributed by atoms with Crippen molar-refractivity contribution in [3.8, 4) is 0 Å². The van der Waals surface area contributed by atoms with Gasteiger partial charge in [-0.1, -0.05) is 24.3 Å². The van der Waals surface area contributed by atoms with Gasteiger partial charge in [0.1, 0.15) is 0 Å². The molecule has 1 aromatic carbocycles. The van der Waals surface area contributed by atoms with Gasteiger partial charge in [0, 0.05) is 12.7 Å². The summed E-state index contributed by atoms with van der Waals surface area (Å²) in [5.74, 6) is -0.0966. The molecule has 7 heteroatoms. The fourth-order valence-corrected chi connectivity index (χ4v) is 2.93. The van der Waals surface area contributed by atoms with Gasteiger partial charge in [-0.25, -0.2) is 13.1 Å². The Morgan fingerprint density at radius 2 is 1.85 bits per heavy atom. The van der Waals surface area contributed by atoms with Crippen LogP contribution in [-0.4, -0.2) is 18.6 Å². The van der Waals surface area contributed by atoms with Gasteiger partial charge in [0.25, 0.3) is 0 Å². The highest BCUT2D eigenvalue weighted by atomic mass is 32.2. The molecule has 3 N–H and O–H groups in total. The average molecular weight is 292 g/mol. The third-order valence-electron chi connectivity index (χ3n) is 2.78. The van der Waals surface area contributed by atoms with E-state index in [2.05, 4.69) is 14.9 Å². The molecule has 0 saturated heterocycles. The Bertz CT molecular complexity index is 659. The molecule has 0 fully saturated rings. The standard InChI is InChI=1S/C13H16N4O2S/c14-8-11-4-1-2-5-12(11)10-20(18,19)16-9-13-6-3-7-15-17-13/h1-7,16H,8-10,14H2. The SMILES string of the molecule is NCc1ccccc1CS(=O)(=O)NCc1cccnn1. The van der Waals surface area contributed by atoms with Crippen molar-refractivity contribution in [3.63, 3.8) is 0 Å². The van der Waals surface area contributed by atoms with Crippen LogP contribution in [0.25, 0.3) is 0 Å². The summed E-state index contributed by atoms with van der Waals surface area (Å²) in [6.45, 7) is 0.441. The minimum atomic E-state index is -3.44. The Labute approximate surface area is 118 Å². The first-order valence-corrected chi connectivity index (χ1v) is 7.77. The quantitative estimate of drug-likeness (QED) is 0.810. The molecule has 0 aliphatic heterocycles. The Morgan fingerprint density at radius 3 is 2.50 bits per heavy atom. The summed E-state index contributed by atoms with van der Waals surface area (Å²) in [6, 6.07) is 10.7. The zero-order valence-corrected chi connectivity index (χ0v) is 11.7. The molecule has 0 atom stereocenters. The second-order valence-corrected chi connectivity index (χ2v) is 6.07. The van der Waals surface area contributed by atoms with Crippen LogP contribution in [0.1, 0.15) is 16.8 Å².